The summed E-state index contributed by atoms with van der Waals surface area (Å²) in [5.74, 6) is 0.177. The van der Waals surface area contributed by atoms with Gasteiger partial charge in [0.2, 0.25) is 11.6 Å². The van der Waals surface area contributed by atoms with Crippen LogP contribution in [-0.2, 0) is 15.4 Å². The minimum Gasteiger partial charge on any atom is -0.391 e. The Morgan fingerprint density at radius 2 is 1.97 bits per heavy atom. The van der Waals surface area contributed by atoms with Crippen LogP contribution < -0.4 is 10.6 Å². The normalized spacial score (nSPS) is 25.1. The minimum absolute atomic E-state index is 0.0618. The first kappa shape index (κ1) is 25.1. The molecule has 3 N–H and O–H groups in total. The van der Waals surface area contributed by atoms with Crippen molar-refractivity contribution >= 4 is 11.7 Å². The van der Waals surface area contributed by atoms with Gasteiger partial charge in [-0.3, -0.25) is 4.79 Å². The Balaban J connectivity index is 1.52. The Morgan fingerprint density at radius 3 is 2.60 bits per heavy atom. The molecule has 7 nitrogen and oxygen atoms in total. The number of nitrogens with zero attached hydrogens (tertiary/aromatic N) is 2. The molecule has 2 aliphatic heterocycles. The molecule has 0 saturated carbocycles. The van der Waals surface area contributed by atoms with Gasteiger partial charge in [0.05, 0.1) is 18.2 Å². The number of amidine groups is 1. The standard InChI is InChI=1S/C27H35FN4O3/c1-6-29-23(26(2,3)4)25(34)32-16-19(33)15-22(32)24-30-27(5,35-31-24)18-13-11-17(12-14-18)20-9-7-8-10-21(20)28/h7-14,19,22-23,29,33H,6,15-16H2,1-5H3,(H,30,31)/t19-,22+,23-,27?/m1/s1. The van der Waals surface area contributed by atoms with Crippen LogP contribution >= 0.6 is 0 Å². The van der Waals surface area contributed by atoms with Crippen molar-refractivity contribution in [3.8, 4) is 11.1 Å². The van der Waals surface area contributed by atoms with Gasteiger partial charge < -0.3 is 25.5 Å². The van der Waals surface area contributed by atoms with Crippen LogP contribution in [0.2, 0.25) is 0 Å². The summed E-state index contributed by atoms with van der Waals surface area (Å²) in [4.78, 5) is 21.1. The van der Waals surface area contributed by atoms with Crippen molar-refractivity contribution in [1.29, 1.82) is 0 Å². The number of likely N-dealkylation sites (tertiary alicyclic amines) is 1. The van der Waals surface area contributed by atoms with Crippen molar-refractivity contribution in [1.82, 2.24) is 15.5 Å². The van der Waals surface area contributed by atoms with Gasteiger partial charge in [-0.25, -0.2) is 4.39 Å². The van der Waals surface area contributed by atoms with Gasteiger partial charge >= 0.3 is 0 Å². The highest BCUT2D eigenvalue weighted by molar-refractivity contribution is 5.94. The Bertz CT molecular complexity index is 1100. The van der Waals surface area contributed by atoms with Crippen LogP contribution in [0.15, 0.2) is 53.7 Å². The number of nitrogens with one attached hydrogen (secondary N) is 2. The third-order valence-corrected chi connectivity index (χ3v) is 6.71. The molecule has 188 valence electrons. The first-order valence-electron chi connectivity index (χ1n) is 12.1. The van der Waals surface area contributed by atoms with Crippen molar-refractivity contribution in [2.75, 3.05) is 13.1 Å². The topological polar surface area (TPSA) is 86.2 Å². The highest BCUT2D eigenvalue weighted by atomic mass is 19.1. The van der Waals surface area contributed by atoms with Crippen LogP contribution in [0.1, 0.15) is 46.6 Å². The van der Waals surface area contributed by atoms with E-state index in [0.29, 0.717) is 24.4 Å². The van der Waals surface area contributed by atoms with Crippen LogP contribution in [0.5, 0.6) is 0 Å². The molecule has 0 aliphatic carbocycles. The number of carbonyl (C=O) groups is 1. The lowest BCUT2D eigenvalue weighted by atomic mass is 9.85. The number of carbonyl (C=O) groups excluding carboxylic acids is 1. The van der Waals surface area contributed by atoms with Crippen molar-refractivity contribution < 1.29 is 19.1 Å². The fraction of sp³-hybridized carbons (Fsp3) is 0.481. The fourth-order valence-corrected chi connectivity index (χ4v) is 4.81. The molecular weight excluding hydrogens is 447 g/mol. The first-order valence-corrected chi connectivity index (χ1v) is 12.1. The summed E-state index contributed by atoms with van der Waals surface area (Å²) in [6.07, 6.45) is -0.255. The predicted molar refractivity (Wildman–Crippen MR) is 134 cm³/mol. The molecule has 0 radical (unpaired) electrons. The highest BCUT2D eigenvalue weighted by Crippen LogP contribution is 2.33. The number of oxime groups is 1. The summed E-state index contributed by atoms with van der Waals surface area (Å²) in [5, 5.41) is 21.4. The lowest BCUT2D eigenvalue weighted by Gasteiger charge is -2.35. The third-order valence-electron chi connectivity index (χ3n) is 6.71. The van der Waals surface area contributed by atoms with Gasteiger partial charge in [-0.2, -0.15) is 0 Å². The van der Waals surface area contributed by atoms with Crippen LogP contribution in [-0.4, -0.2) is 53.0 Å². The average molecular weight is 483 g/mol. The van der Waals surface area contributed by atoms with E-state index in [2.05, 4.69) is 15.8 Å². The van der Waals surface area contributed by atoms with E-state index < -0.39 is 17.9 Å². The van der Waals surface area contributed by atoms with E-state index in [1.165, 1.54) is 6.07 Å². The number of rotatable bonds is 6. The maximum atomic E-state index is 14.2. The molecule has 1 amide bonds. The van der Waals surface area contributed by atoms with E-state index in [1.807, 2.05) is 58.9 Å². The number of hydrogen-bond acceptors (Lipinski definition) is 6. The minimum atomic E-state index is -0.948. The molecule has 8 heteroatoms. The van der Waals surface area contributed by atoms with Crippen molar-refractivity contribution in [3.05, 3.63) is 59.9 Å². The lowest BCUT2D eigenvalue weighted by Crippen LogP contribution is -2.57. The Kier molecular flexibility index (Phi) is 6.88. The van der Waals surface area contributed by atoms with Crippen LogP contribution in [0, 0.1) is 11.2 Å². The van der Waals surface area contributed by atoms with E-state index in [-0.39, 0.29) is 29.7 Å². The first-order chi connectivity index (χ1) is 16.5. The van der Waals surface area contributed by atoms with Crippen LogP contribution in [0.4, 0.5) is 4.39 Å². The summed E-state index contributed by atoms with van der Waals surface area (Å²) >= 11 is 0. The third kappa shape index (κ3) is 5.04. The molecule has 1 unspecified atom stereocenters. The molecule has 4 atom stereocenters. The smallest absolute Gasteiger partial charge is 0.240 e. The molecule has 1 fully saturated rings. The number of aliphatic hydroxyl groups excluding tert-OH is 1. The number of β-amino-alcohol motifs (C(OH)–C–C–N with tert-alkyl or cyclic N) is 1. The van der Waals surface area contributed by atoms with Crippen molar-refractivity contribution in [2.24, 2.45) is 10.6 Å². The van der Waals surface area contributed by atoms with Crippen LogP contribution in [0.25, 0.3) is 11.1 Å². The zero-order chi connectivity index (χ0) is 25.4. The maximum Gasteiger partial charge on any atom is 0.240 e. The summed E-state index contributed by atoms with van der Waals surface area (Å²) in [7, 11) is 0. The molecule has 0 spiro atoms. The van der Waals surface area contributed by atoms with Crippen molar-refractivity contribution in [3.63, 3.8) is 0 Å². The molecule has 0 aromatic heterocycles. The Hall–Kier alpha value is -2.97. The molecule has 35 heavy (non-hydrogen) atoms. The summed E-state index contributed by atoms with van der Waals surface area (Å²) in [6.45, 7) is 10.8. The molecule has 0 bridgehead atoms. The molecule has 2 aromatic carbocycles. The second kappa shape index (κ2) is 9.59. The largest absolute Gasteiger partial charge is 0.391 e. The van der Waals surface area contributed by atoms with Gasteiger partial charge in [-0.05, 0) is 23.6 Å². The maximum absolute atomic E-state index is 14.2. The highest BCUT2D eigenvalue weighted by Gasteiger charge is 2.46. The summed E-state index contributed by atoms with van der Waals surface area (Å²) < 4.78 is 14.2. The number of halogens is 1. The monoisotopic (exact) mass is 482 g/mol. The number of likely N-dealkylation sites (N-methyl/N-ethyl adjacent to an activating group) is 1. The molecule has 1 saturated heterocycles. The van der Waals surface area contributed by atoms with Gasteiger partial charge in [-0.15, -0.1) is 0 Å². The zero-order valence-electron chi connectivity index (χ0n) is 21.0. The lowest BCUT2D eigenvalue weighted by molar-refractivity contribution is -0.136. The van der Waals surface area contributed by atoms with E-state index >= 15 is 0 Å². The quantitative estimate of drug-likeness (QED) is 0.586. The SMILES string of the molecule is CCN[C@H](C(=O)N1C[C@H](O)C[C@H]1C1=NOC(C)(c2ccc(-c3ccccc3F)cc2)N1)C(C)(C)C. The molecule has 4 rings (SSSR count). The van der Waals surface area contributed by atoms with Gasteiger partial charge in [-0.1, -0.05) is 75.3 Å². The number of hydrogen-bond donors (Lipinski definition) is 3. The second-order valence-electron chi connectivity index (χ2n) is 10.5. The van der Waals surface area contributed by atoms with Gasteiger partial charge in [0.25, 0.3) is 0 Å². The van der Waals surface area contributed by atoms with Gasteiger partial charge in [0.1, 0.15) is 5.82 Å². The fourth-order valence-electron chi connectivity index (χ4n) is 4.81. The average Bonchev–Trinajstić information content (AvgIpc) is 3.40. The van der Waals surface area contributed by atoms with E-state index in [9.17, 15) is 14.3 Å². The summed E-state index contributed by atoms with van der Waals surface area (Å²) in [5.41, 5.74) is 0.872. The molecular formula is C27H35FN4O3. The van der Waals surface area contributed by atoms with E-state index in [0.717, 1.165) is 11.1 Å². The van der Waals surface area contributed by atoms with Gasteiger partial charge in [0.15, 0.2) is 5.84 Å². The van der Waals surface area contributed by atoms with Crippen LogP contribution in [0.3, 0.4) is 0 Å². The molecule has 2 aliphatic rings. The molecule has 2 heterocycles. The Labute approximate surface area is 206 Å². The van der Waals surface area contributed by atoms with E-state index in [1.54, 1.807) is 23.1 Å². The zero-order valence-corrected chi connectivity index (χ0v) is 21.0. The predicted octanol–water partition coefficient (Wildman–Crippen LogP) is 3.58. The number of amides is 1. The molecule has 2 aromatic rings. The number of benzene rings is 2. The Morgan fingerprint density at radius 1 is 1.29 bits per heavy atom. The van der Waals surface area contributed by atoms with Crippen molar-refractivity contribution in [2.45, 2.75) is 65.0 Å². The summed E-state index contributed by atoms with van der Waals surface area (Å²) in [6, 6.07) is 13.3. The second-order valence-corrected chi connectivity index (χ2v) is 10.5. The number of aliphatic hydroxyl groups is 1. The van der Waals surface area contributed by atoms with E-state index in [4.69, 9.17) is 4.84 Å². The van der Waals surface area contributed by atoms with Gasteiger partial charge in [0, 0.05) is 31.0 Å².